The monoisotopic (exact) mass is 739 g/mol. The first-order valence-electron chi connectivity index (χ1n) is 19.6. The Morgan fingerprint density at radius 2 is 0.776 bits per heavy atom. The third-order valence-electron chi connectivity index (χ3n) is 11.5. The summed E-state index contributed by atoms with van der Waals surface area (Å²) >= 11 is 0. The van der Waals surface area contributed by atoms with Crippen molar-refractivity contribution < 1.29 is 0 Å². The quantitative estimate of drug-likeness (QED) is 0.165. The predicted molar refractivity (Wildman–Crippen MR) is 239 cm³/mol. The van der Waals surface area contributed by atoms with E-state index < -0.39 is 0 Å². The molecule has 0 fully saturated rings. The normalized spacial score (nSPS) is 11.8. The van der Waals surface area contributed by atoms with Gasteiger partial charge in [-0.15, -0.1) is 0 Å². The maximum absolute atomic E-state index is 5.40. The largest absolute Gasteiger partial charge is 0.292 e. The Labute approximate surface area is 333 Å². The molecular formula is C53H33N5. The van der Waals surface area contributed by atoms with E-state index in [1.807, 2.05) is 12.1 Å². The van der Waals surface area contributed by atoms with Crippen molar-refractivity contribution in [3.8, 4) is 50.7 Å². The lowest BCUT2D eigenvalue weighted by Crippen LogP contribution is -2.04. The van der Waals surface area contributed by atoms with Crippen LogP contribution < -0.4 is 0 Å². The van der Waals surface area contributed by atoms with E-state index in [2.05, 4.69) is 197 Å². The summed E-state index contributed by atoms with van der Waals surface area (Å²) in [7, 11) is 0. The van der Waals surface area contributed by atoms with Gasteiger partial charge in [0.1, 0.15) is 5.65 Å². The number of para-hydroxylation sites is 3. The van der Waals surface area contributed by atoms with Crippen molar-refractivity contribution in [2.45, 2.75) is 0 Å². The molecule has 0 aliphatic heterocycles. The Bertz CT molecular complexity index is 3430. The second kappa shape index (κ2) is 12.8. The van der Waals surface area contributed by atoms with Crippen LogP contribution in [0.1, 0.15) is 0 Å². The van der Waals surface area contributed by atoms with Gasteiger partial charge in [-0.25, -0.2) is 15.0 Å². The number of fused-ring (bicyclic) bond motifs is 12. The van der Waals surface area contributed by atoms with Gasteiger partial charge >= 0.3 is 0 Å². The molecule has 0 bridgehead atoms. The summed E-state index contributed by atoms with van der Waals surface area (Å²) < 4.78 is 4.57. The smallest absolute Gasteiger partial charge is 0.235 e. The Balaban J connectivity index is 1.13. The zero-order chi connectivity index (χ0) is 38.2. The molecule has 0 saturated heterocycles. The number of aromatic nitrogens is 5. The van der Waals surface area contributed by atoms with Crippen molar-refractivity contribution in [3.05, 3.63) is 200 Å². The molecule has 5 nitrogen and oxygen atoms in total. The van der Waals surface area contributed by atoms with Gasteiger partial charge in [0.15, 0.2) is 0 Å². The van der Waals surface area contributed by atoms with Crippen LogP contribution in [-0.2, 0) is 0 Å². The number of imidazole rings is 1. The summed E-state index contributed by atoms with van der Waals surface area (Å²) in [6.07, 6.45) is 0. The van der Waals surface area contributed by atoms with Crippen LogP contribution >= 0.6 is 0 Å². The number of benzene rings is 8. The van der Waals surface area contributed by atoms with Gasteiger partial charge < -0.3 is 0 Å². The average Bonchev–Trinajstić information content (AvgIpc) is 3.86. The molecule has 0 atom stereocenters. The second-order valence-corrected chi connectivity index (χ2v) is 14.8. The summed E-state index contributed by atoms with van der Waals surface area (Å²) in [4.78, 5) is 16.0. The molecule has 0 saturated carbocycles. The Morgan fingerprint density at radius 3 is 1.41 bits per heavy atom. The first-order chi connectivity index (χ1) is 28.8. The fraction of sp³-hybridized carbons (Fsp3) is 0. The van der Waals surface area contributed by atoms with Crippen LogP contribution in [0.2, 0.25) is 0 Å². The van der Waals surface area contributed by atoms with Gasteiger partial charge in [-0.05, 0) is 64.0 Å². The summed E-state index contributed by atoms with van der Waals surface area (Å²) in [6, 6.07) is 70.7. The molecule has 0 unspecified atom stereocenters. The van der Waals surface area contributed by atoms with Crippen LogP contribution in [0.15, 0.2) is 200 Å². The van der Waals surface area contributed by atoms with Gasteiger partial charge in [0.25, 0.3) is 0 Å². The summed E-state index contributed by atoms with van der Waals surface area (Å²) in [5.74, 6) is 0.621. The molecule has 4 aromatic heterocycles. The van der Waals surface area contributed by atoms with Crippen LogP contribution in [-0.4, -0.2) is 23.9 Å². The van der Waals surface area contributed by atoms with E-state index in [1.165, 1.54) is 27.3 Å². The minimum atomic E-state index is 0.621. The van der Waals surface area contributed by atoms with Crippen molar-refractivity contribution in [2.24, 2.45) is 0 Å². The van der Waals surface area contributed by atoms with E-state index in [-0.39, 0.29) is 0 Å². The minimum absolute atomic E-state index is 0.621. The van der Waals surface area contributed by atoms with E-state index in [1.54, 1.807) is 0 Å². The molecule has 0 aliphatic rings. The SMILES string of the molecule is c1ccc(-c2ccc(-c3cc(-c4ccc(-c5ccccc5)cc4)nc(-n4c5ccccc5c5c6c7ccccc7c7nc8ccccc8n7c6ccc54)n3)cc2)cc1. The van der Waals surface area contributed by atoms with Crippen LogP contribution in [0.3, 0.4) is 0 Å². The zero-order valence-electron chi connectivity index (χ0n) is 31.3. The minimum Gasteiger partial charge on any atom is -0.292 e. The highest BCUT2D eigenvalue weighted by molar-refractivity contribution is 6.29. The molecule has 12 rings (SSSR count). The highest BCUT2D eigenvalue weighted by Crippen LogP contribution is 2.42. The molecule has 0 amide bonds. The number of hydrogen-bond acceptors (Lipinski definition) is 3. The summed E-state index contributed by atoms with van der Waals surface area (Å²) in [5.41, 5.74) is 14.7. The van der Waals surface area contributed by atoms with Gasteiger partial charge in [-0.3, -0.25) is 8.97 Å². The summed E-state index contributed by atoms with van der Waals surface area (Å²) in [6.45, 7) is 0. The Morgan fingerprint density at radius 1 is 0.310 bits per heavy atom. The first kappa shape index (κ1) is 32.4. The molecule has 0 aliphatic carbocycles. The molecule has 5 heteroatoms. The maximum atomic E-state index is 5.40. The van der Waals surface area contributed by atoms with E-state index >= 15 is 0 Å². The molecule has 12 aromatic rings. The van der Waals surface area contributed by atoms with Crippen molar-refractivity contribution >= 4 is 60.2 Å². The number of hydrogen-bond donors (Lipinski definition) is 0. The van der Waals surface area contributed by atoms with Crippen LogP contribution in [0, 0.1) is 0 Å². The van der Waals surface area contributed by atoms with E-state index in [0.717, 1.165) is 77.6 Å². The number of rotatable bonds is 5. The zero-order valence-corrected chi connectivity index (χ0v) is 31.3. The van der Waals surface area contributed by atoms with Crippen LogP contribution in [0.4, 0.5) is 0 Å². The second-order valence-electron chi connectivity index (χ2n) is 14.8. The molecule has 8 aromatic carbocycles. The third kappa shape index (κ3) is 5.00. The highest BCUT2D eigenvalue weighted by atomic mass is 15.2. The predicted octanol–water partition coefficient (Wildman–Crippen LogP) is 13.3. The van der Waals surface area contributed by atoms with E-state index in [0.29, 0.717) is 5.95 Å². The topological polar surface area (TPSA) is 48.0 Å². The lowest BCUT2D eigenvalue weighted by molar-refractivity contribution is 0.996. The van der Waals surface area contributed by atoms with Crippen molar-refractivity contribution in [1.82, 2.24) is 23.9 Å². The van der Waals surface area contributed by atoms with Crippen molar-refractivity contribution in [2.75, 3.05) is 0 Å². The lowest BCUT2D eigenvalue weighted by Gasteiger charge is -2.13. The summed E-state index contributed by atoms with van der Waals surface area (Å²) in [5, 5.41) is 5.78. The van der Waals surface area contributed by atoms with E-state index in [9.17, 15) is 0 Å². The average molecular weight is 740 g/mol. The molecule has 0 spiro atoms. The van der Waals surface area contributed by atoms with Gasteiger partial charge in [0.2, 0.25) is 5.95 Å². The molecule has 270 valence electrons. The number of nitrogens with zero attached hydrogens (tertiary/aromatic N) is 5. The van der Waals surface area contributed by atoms with E-state index in [4.69, 9.17) is 15.0 Å². The fourth-order valence-electron chi connectivity index (χ4n) is 8.83. The number of pyridine rings is 1. The fourth-order valence-corrected chi connectivity index (χ4v) is 8.83. The standard InChI is InChI=1S/C53H33N5/c1-3-13-34(14-4-1)36-23-27-38(28-24-36)44-33-45(39-29-25-37(26-30-39)35-15-5-2-6-16-35)56-53(55-44)58-46-21-11-9-19-42(46)51-49(58)32-31-48-50(51)40-17-7-8-18-41(40)52-54-43-20-10-12-22-47(43)57(48)52/h1-33H. The maximum Gasteiger partial charge on any atom is 0.235 e. The van der Waals surface area contributed by atoms with Gasteiger partial charge in [0, 0.05) is 32.7 Å². The van der Waals surface area contributed by atoms with Gasteiger partial charge in [-0.1, -0.05) is 164 Å². The lowest BCUT2D eigenvalue weighted by atomic mass is 10.0. The van der Waals surface area contributed by atoms with Crippen molar-refractivity contribution in [1.29, 1.82) is 0 Å². The van der Waals surface area contributed by atoms with Crippen LogP contribution in [0.5, 0.6) is 0 Å². The van der Waals surface area contributed by atoms with Crippen LogP contribution in [0.25, 0.3) is 111 Å². The molecule has 0 N–H and O–H groups in total. The first-order valence-corrected chi connectivity index (χ1v) is 19.6. The van der Waals surface area contributed by atoms with Gasteiger partial charge in [-0.2, -0.15) is 0 Å². The molecule has 0 radical (unpaired) electrons. The molecule has 58 heavy (non-hydrogen) atoms. The highest BCUT2D eigenvalue weighted by Gasteiger charge is 2.22. The molecule has 4 heterocycles. The third-order valence-corrected chi connectivity index (χ3v) is 11.5. The van der Waals surface area contributed by atoms with Gasteiger partial charge in [0.05, 0.1) is 39.0 Å². The Kier molecular flexibility index (Phi) is 7.16. The Hall–Kier alpha value is -7.89. The van der Waals surface area contributed by atoms with Crippen molar-refractivity contribution in [3.63, 3.8) is 0 Å². The molecular weight excluding hydrogens is 707 g/mol.